The van der Waals surface area contributed by atoms with E-state index in [1.54, 1.807) is 0 Å². The summed E-state index contributed by atoms with van der Waals surface area (Å²) < 4.78 is 0. The molecule has 128 valence electrons. The molecular weight excluding hydrogens is 316 g/mol. The highest BCUT2D eigenvalue weighted by Crippen LogP contribution is 2.58. The van der Waals surface area contributed by atoms with Crippen molar-refractivity contribution in [3.05, 3.63) is 70.8 Å². The third-order valence-electron chi connectivity index (χ3n) is 5.86. The van der Waals surface area contributed by atoms with E-state index >= 15 is 0 Å². The first kappa shape index (κ1) is 15.9. The predicted molar refractivity (Wildman–Crippen MR) is 93.0 cm³/mol. The molecular formula is C21H20O4. The summed E-state index contributed by atoms with van der Waals surface area (Å²) in [5.41, 5.74) is 4.42. The molecule has 0 spiro atoms. The van der Waals surface area contributed by atoms with Gasteiger partial charge in [-0.25, -0.2) is 0 Å². The molecule has 2 bridgehead atoms. The molecule has 0 aliphatic heterocycles. The Bertz CT molecular complexity index is 772. The van der Waals surface area contributed by atoms with E-state index in [-0.39, 0.29) is 36.5 Å². The quantitative estimate of drug-likeness (QED) is 0.882. The number of fused-ring (bicyclic) bond motifs is 6. The summed E-state index contributed by atoms with van der Waals surface area (Å²) in [5.74, 6) is -1.42. The van der Waals surface area contributed by atoms with Crippen LogP contribution in [0.3, 0.4) is 0 Å². The fourth-order valence-corrected chi connectivity index (χ4v) is 4.98. The minimum Gasteiger partial charge on any atom is -0.481 e. The first-order chi connectivity index (χ1) is 12.1. The number of hydrogen-bond donors (Lipinski definition) is 2. The van der Waals surface area contributed by atoms with Crippen LogP contribution >= 0.6 is 0 Å². The normalized spacial score (nSPS) is 26.4. The Morgan fingerprint density at radius 1 is 0.720 bits per heavy atom. The predicted octanol–water partition coefficient (Wildman–Crippen LogP) is 4.09. The molecule has 0 amide bonds. The number of carbonyl (C=O) groups is 2. The Labute approximate surface area is 146 Å². The molecule has 2 aromatic rings. The minimum absolute atomic E-state index is 0.0584. The third-order valence-corrected chi connectivity index (χ3v) is 5.86. The fourth-order valence-electron chi connectivity index (χ4n) is 4.98. The number of carboxylic acid groups (broad SMARTS) is 2. The van der Waals surface area contributed by atoms with Crippen molar-refractivity contribution in [2.75, 3.05) is 0 Å². The lowest BCUT2D eigenvalue weighted by molar-refractivity contribution is -0.138. The Morgan fingerprint density at radius 2 is 1.08 bits per heavy atom. The van der Waals surface area contributed by atoms with Crippen LogP contribution in [-0.4, -0.2) is 22.2 Å². The maximum Gasteiger partial charge on any atom is 0.303 e. The lowest BCUT2D eigenvalue weighted by Crippen LogP contribution is -2.33. The van der Waals surface area contributed by atoms with Crippen LogP contribution in [0.1, 0.15) is 65.2 Å². The molecule has 0 fully saturated rings. The van der Waals surface area contributed by atoms with Crippen LogP contribution < -0.4 is 0 Å². The van der Waals surface area contributed by atoms with Crippen molar-refractivity contribution in [1.29, 1.82) is 0 Å². The molecule has 25 heavy (non-hydrogen) atoms. The SMILES string of the molecule is O=C(O)CC1c2ccccc2[C@H]2C[C@@H]1c1ccccc1C2CC(=O)O. The van der Waals surface area contributed by atoms with E-state index in [1.807, 2.05) is 48.5 Å². The van der Waals surface area contributed by atoms with Crippen molar-refractivity contribution in [2.45, 2.75) is 42.9 Å². The van der Waals surface area contributed by atoms with E-state index in [0.29, 0.717) is 0 Å². The van der Waals surface area contributed by atoms with E-state index < -0.39 is 11.9 Å². The van der Waals surface area contributed by atoms with Crippen molar-refractivity contribution in [2.24, 2.45) is 0 Å². The van der Waals surface area contributed by atoms with Gasteiger partial charge in [0.25, 0.3) is 0 Å². The van der Waals surface area contributed by atoms with Crippen molar-refractivity contribution in [1.82, 2.24) is 0 Å². The number of benzene rings is 2. The zero-order valence-electron chi connectivity index (χ0n) is 13.8. The highest BCUT2D eigenvalue weighted by molar-refractivity contribution is 5.71. The van der Waals surface area contributed by atoms with Crippen LogP contribution in [0.2, 0.25) is 0 Å². The molecule has 0 aromatic heterocycles. The highest BCUT2D eigenvalue weighted by atomic mass is 16.4. The molecule has 0 radical (unpaired) electrons. The van der Waals surface area contributed by atoms with Gasteiger partial charge >= 0.3 is 11.9 Å². The molecule has 4 nitrogen and oxygen atoms in total. The van der Waals surface area contributed by atoms with Crippen LogP contribution in [0.5, 0.6) is 0 Å². The van der Waals surface area contributed by atoms with Gasteiger partial charge in [0.15, 0.2) is 0 Å². The van der Waals surface area contributed by atoms with Crippen LogP contribution in [0.4, 0.5) is 0 Å². The number of aliphatic carboxylic acids is 2. The Balaban J connectivity index is 1.90. The third kappa shape index (κ3) is 2.62. The number of rotatable bonds is 4. The molecule has 4 atom stereocenters. The molecule has 0 saturated heterocycles. The first-order valence-electron chi connectivity index (χ1n) is 8.67. The zero-order chi connectivity index (χ0) is 17.6. The molecule has 2 aliphatic rings. The van der Waals surface area contributed by atoms with Gasteiger partial charge in [0, 0.05) is 11.8 Å². The molecule has 2 unspecified atom stereocenters. The van der Waals surface area contributed by atoms with E-state index in [4.69, 9.17) is 0 Å². The smallest absolute Gasteiger partial charge is 0.303 e. The zero-order valence-corrected chi connectivity index (χ0v) is 13.8. The van der Waals surface area contributed by atoms with Crippen molar-refractivity contribution < 1.29 is 19.8 Å². The molecule has 2 aliphatic carbocycles. The summed E-state index contributed by atoms with van der Waals surface area (Å²) in [5, 5.41) is 18.9. The van der Waals surface area contributed by atoms with Crippen molar-refractivity contribution in [3.8, 4) is 0 Å². The van der Waals surface area contributed by atoms with Gasteiger partial charge in [-0.3, -0.25) is 9.59 Å². The van der Waals surface area contributed by atoms with Gasteiger partial charge in [-0.05, 0) is 40.5 Å². The fraction of sp³-hybridized carbons (Fsp3) is 0.333. The van der Waals surface area contributed by atoms with Gasteiger partial charge in [-0.1, -0.05) is 48.5 Å². The average molecular weight is 336 g/mol. The summed E-state index contributed by atoms with van der Waals surface area (Å²) in [6.07, 6.45) is 1.03. The summed E-state index contributed by atoms with van der Waals surface area (Å²) in [6, 6.07) is 16.0. The molecule has 2 N–H and O–H groups in total. The topological polar surface area (TPSA) is 74.6 Å². The van der Waals surface area contributed by atoms with Gasteiger partial charge in [0.05, 0.1) is 12.8 Å². The second-order valence-corrected chi connectivity index (χ2v) is 7.12. The van der Waals surface area contributed by atoms with Gasteiger partial charge in [0.1, 0.15) is 0 Å². The molecule has 2 aromatic carbocycles. The van der Waals surface area contributed by atoms with Crippen molar-refractivity contribution in [3.63, 3.8) is 0 Å². The van der Waals surface area contributed by atoms with Crippen LogP contribution in [0.25, 0.3) is 0 Å². The summed E-state index contributed by atoms with van der Waals surface area (Å²) in [6.45, 7) is 0. The molecule has 0 saturated carbocycles. The first-order valence-corrected chi connectivity index (χ1v) is 8.67. The second-order valence-electron chi connectivity index (χ2n) is 7.12. The molecule has 4 heteroatoms. The van der Waals surface area contributed by atoms with E-state index in [2.05, 4.69) is 0 Å². The largest absolute Gasteiger partial charge is 0.481 e. The van der Waals surface area contributed by atoms with Crippen LogP contribution in [-0.2, 0) is 9.59 Å². The van der Waals surface area contributed by atoms with Gasteiger partial charge < -0.3 is 10.2 Å². The van der Waals surface area contributed by atoms with E-state index in [1.165, 1.54) is 0 Å². The summed E-state index contributed by atoms with van der Waals surface area (Å²) in [7, 11) is 0. The second kappa shape index (κ2) is 6.03. The standard InChI is InChI=1S/C21H20O4/c22-20(23)10-18-14-7-3-1-5-12(14)16-9-17(18)13-6-2-4-8-15(13)19(16)11-21(24)25/h1-8,16-19H,9-11H2,(H,22,23)(H,24,25)/t16-,17-,18?,19?/m1/s1. The maximum atomic E-state index is 11.5. The Hall–Kier alpha value is -2.62. The number of carboxylic acids is 2. The molecule has 4 rings (SSSR count). The lowest BCUT2D eigenvalue weighted by atomic mass is 9.57. The summed E-state index contributed by atoms with van der Waals surface area (Å²) >= 11 is 0. The Morgan fingerprint density at radius 3 is 1.44 bits per heavy atom. The summed E-state index contributed by atoms with van der Waals surface area (Å²) in [4.78, 5) is 23.0. The lowest BCUT2D eigenvalue weighted by Gasteiger charge is -2.46. The van der Waals surface area contributed by atoms with E-state index in [0.717, 1.165) is 28.7 Å². The highest BCUT2D eigenvalue weighted by Gasteiger charge is 2.45. The Kier molecular flexibility index (Phi) is 3.83. The molecule has 0 heterocycles. The van der Waals surface area contributed by atoms with Gasteiger partial charge in [-0.15, -0.1) is 0 Å². The monoisotopic (exact) mass is 336 g/mol. The maximum absolute atomic E-state index is 11.5. The van der Waals surface area contributed by atoms with Crippen molar-refractivity contribution >= 4 is 11.9 Å². The average Bonchev–Trinajstić information content (AvgIpc) is 2.60. The number of hydrogen-bond acceptors (Lipinski definition) is 2. The van der Waals surface area contributed by atoms with Crippen LogP contribution in [0, 0.1) is 0 Å². The minimum atomic E-state index is -0.789. The van der Waals surface area contributed by atoms with Gasteiger partial charge in [0.2, 0.25) is 0 Å². The van der Waals surface area contributed by atoms with Crippen LogP contribution in [0.15, 0.2) is 48.5 Å². The van der Waals surface area contributed by atoms with Gasteiger partial charge in [-0.2, -0.15) is 0 Å². The van der Waals surface area contributed by atoms with E-state index in [9.17, 15) is 19.8 Å².